The summed E-state index contributed by atoms with van der Waals surface area (Å²) in [5.41, 5.74) is 44.3. The minimum atomic E-state index is -0.665. The Balaban J connectivity index is 0.000000117. The SMILES string of the molecule is Brc1cc2c3ccccc3n3c4ccccc4c(c1)c23.Cc1ccc2c(c1)C1(c3cc(C)ccc3N2)c2ccccc2C2(c3ccccc3N(c3ccccc3)c3ccccc32)c2ccccc21.Cc1ccc2c(c1)C1(c3cc(C)ccc3N2c2cc3c4ccccc4n4c5ccccc5c(c2)c34)c2ccccc2C2(c3ccccc3N(c3ccccc3)c3ccccc32)c2ccccc21.[2HH]. The van der Waals surface area contributed by atoms with Crippen LogP contribution in [0.4, 0.5) is 62.6 Å². The Hall–Kier alpha value is -16.3. The van der Waals surface area contributed by atoms with Crippen molar-refractivity contribution in [2.45, 2.75) is 49.4 Å². The van der Waals surface area contributed by atoms with Crippen LogP contribution in [0.25, 0.3) is 76.2 Å². The van der Waals surface area contributed by atoms with Crippen LogP contribution in [0.15, 0.2) is 453 Å². The van der Waals surface area contributed by atoms with Crippen LogP contribution in [0.1, 0.15) is 113 Å². The fourth-order valence-electron chi connectivity index (χ4n) is 25.9. The van der Waals surface area contributed by atoms with Gasteiger partial charge in [0.15, 0.2) is 0 Å². The zero-order chi connectivity index (χ0) is 89.5. The minimum Gasteiger partial charge on any atom is -0.355 e. The Morgan fingerprint density at radius 2 is 0.422 bits per heavy atom. The van der Waals surface area contributed by atoms with Gasteiger partial charge in [-0.25, -0.2) is 0 Å². The third-order valence-electron chi connectivity index (χ3n) is 30.8. The molecule has 0 unspecified atom stereocenters. The molecule has 8 heterocycles. The van der Waals surface area contributed by atoms with E-state index in [-0.39, 0.29) is 1.43 Å². The van der Waals surface area contributed by atoms with Gasteiger partial charge in [0.25, 0.3) is 0 Å². The third-order valence-corrected chi connectivity index (χ3v) is 31.3. The van der Waals surface area contributed by atoms with Crippen LogP contribution in [-0.4, -0.2) is 8.80 Å². The van der Waals surface area contributed by atoms with Crippen molar-refractivity contribution >= 4 is 155 Å². The highest BCUT2D eigenvalue weighted by molar-refractivity contribution is 9.10. The molecule has 30 rings (SSSR count). The number of aryl methyl sites for hydroxylation is 4. The molecule has 638 valence electrons. The van der Waals surface area contributed by atoms with Crippen molar-refractivity contribution in [2.24, 2.45) is 0 Å². The number of hydrogen-bond acceptors (Lipinski definition) is 4. The Labute approximate surface area is 793 Å². The van der Waals surface area contributed by atoms with Crippen LogP contribution in [0.3, 0.4) is 0 Å². The van der Waals surface area contributed by atoms with E-state index in [4.69, 9.17) is 0 Å². The van der Waals surface area contributed by atoms with Gasteiger partial charge in [-0.3, -0.25) is 0 Å². The van der Waals surface area contributed by atoms with Gasteiger partial charge in [-0.15, -0.1) is 0 Å². The van der Waals surface area contributed by atoms with Crippen molar-refractivity contribution < 1.29 is 1.43 Å². The monoisotopic (exact) mass is 1790 g/mol. The maximum atomic E-state index is 3.85. The molecule has 135 heavy (non-hydrogen) atoms. The van der Waals surface area contributed by atoms with Gasteiger partial charge in [-0.1, -0.05) is 366 Å². The molecule has 24 aromatic rings. The quantitative estimate of drug-likeness (QED) is 0.191. The van der Waals surface area contributed by atoms with Gasteiger partial charge in [0.1, 0.15) is 0 Å². The summed E-state index contributed by atoms with van der Waals surface area (Å²) in [4.78, 5) is 7.50. The molecule has 0 saturated heterocycles. The lowest BCUT2D eigenvalue weighted by atomic mass is 9.49. The summed E-state index contributed by atoms with van der Waals surface area (Å²) in [5.74, 6) is 0. The largest absolute Gasteiger partial charge is 0.355 e. The van der Waals surface area contributed by atoms with Gasteiger partial charge < -0.3 is 28.8 Å². The summed E-state index contributed by atoms with van der Waals surface area (Å²) in [6.45, 7) is 8.95. The van der Waals surface area contributed by atoms with E-state index in [1.165, 1.54) is 222 Å². The predicted molar refractivity (Wildman–Crippen MR) is 566 cm³/mol. The summed E-state index contributed by atoms with van der Waals surface area (Å²) in [7, 11) is 0. The summed E-state index contributed by atoms with van der Waals surface area (Å²) in [6, 6.07) is 168. The molecule has 7 heteroatoms. The van der Waals surface area contributed by atoms with Crippen LogP contribution in [-0.2, 0) is 21.7 Å². The van der Waals surface area contributed by atoms with Crippen LogP contribution in [0, 0.1) is 27.7 Å². The van der Waals surface area contributed by atoms with Crippen LogP contribution >= 0.6 is 15.9 Å². The maximum Gasteiger partial charge on any atom is 0.0748 e. The molecule has 6 aliphatic rings. The molecule has 20 aromatic carbocycles. The number of rotatable bonds is 3. The fraction of sp³-hybridized carbons (Fsp3) is 0.0625. The van der Waals surface area contributed by atoms with Gasteiger partial charge in [0, 0.05) is 77.4 Å². The number of para-hydroxylation sites is 10. The molecular weight excluding hydrogens is 1700 g/mol. The van der Waals surface area contributed by atoms with Crippen LogP contribution in [0.5, 0.6) is 0 Å². The highest BCUT2D eigenvalue weighted by Gasteiger charge is 2.61. The van der Waals surface area contributed by atoms with E-state index < -0.39 is 21.7 Å². The summed E-state index contributed by atoms with van der Waals surface area (Å²) >= 11 is 3.66. The predicted octanol–water partition coefficient (Wildman–Crippen LogP) is 33.2. The molecule has 0 radical (unpaired) electrons. The van der Waals surface area contributed by atoms with Gasteiger partial charge in [-0.05, 0) is 238 Å². The van der Waals surface area contributed by atoms with Crippen molar-refractivity contribution in [1.29, 1.82) is 0 Å². The van der Waals surface area contributed by atoms with Crippen LogP contribution in [0.2, 0.25) is 0 Å². The number of halogens is 1. The van der Waals surface area contributed by atoms with E-state index in [1.807, 2.05) is 0 Å². The second kappa shape index (κ2) is 28.8. The lowest BCUT2D eigenvalue weighted by molar-refractivity contribution is 0.607. The van der Waals surface area contributed by atoms with E-state index in [2.05, 4.69) is 521 Å². The summed E-state index contributed by atoms with van der Waals surface area (Å²) in [6.07, 6.45) is 0. The maximum absolute atomic E-state index is 3.85. The Morgan fingerprint density at radius 1 is 0.193 bits per heavy atom. The molecule has 6 nitrogen and oxygen atoms in total. The van der Waals surface area contributed by atoms with Crippen molar-refractivity contribution in [3.8, 4) is 0 Å². The third kappa shape index (κ3) is 10.3. The number of fused-ring (bicyclic) bond motifs is 40. The van der Waals surface area contributed by atoms with Gasteiger partial charge in [0.05, 0.1) is 88.9 Å². The van der Waals surface area contributed by atoms with E-state index in [0.29, 0.717) is 0 Å². The number of anilines is 11. The Bertz CT molecular complexity index is 8650. The molecule has 2 aliphatic carbocycles. The zero-order valence-electron chi connectivity index (χ0n) is 74.8. The molecule has 0 saturated carbocycles. The van der Waals surface area contributed by atoms with Crippen molar-refractivity contribution in [1.82, 2.24) is 8.80 Å². The molecule has 4 spiro atoms. The fourth-order valence-corrected chi connectivity index (χ4v) is 26.4. The average molecular weight is 1790 g/mol. The van der Waals surface area contributed by atoms with E-state index in [0.717, 1.165) is 32.9 Å². The van der Waals surface area contributed by atoms with Crippen molar-refractivity contribution in [3.05, 3.63) is 565 Å². The first-order valence-electron chi connectivity index (χ1n) is 47.1. The van der Waals surface area contributed by atoms with E-state index in [1.54, 1.807) is 0 Å². The number of nitrogens with one attached hydrogen (secondary N) is 1. The van der Waals surface area contributed by atoms with Crippen molar-refractivity contribution in [3.63, 3.8) is 0 Å². The average Bonchev–Trinajstić information content (AvgIpc) is 1.14. The van der Waals surface area contributed by atoms with Crippen molar-refractivity contribution in [2.75, 3.05) is 20.0 Å². The smallest absolute Gasteiger partial charge is 0.0748 e. The van der Waals surface area contributed by atoms with Gasteiger partial charge >= 0.3 is 0 Å². The lowest BCUT2D eigenvalue weighted by Gasteiger charge is -2.56. The highest BCUT2D eigenvalue weighted by atomic mass is 79.9. The first-order chi connectivity index (χ1) is 66.6. The lowest BCUT2D eigenvalue weighted by Crippen LogP contribution is -2.49. The minimum absolute atomic E-state index is 0. The molecule has 0 amide bonds. The standard InChI is InChI=1S/C64H43N3.C46H34N2.C18H10BrN.H2/c1-40-32-34-60-54(36-40)64(55-37-41(2)33-35-61(55)66(60)43-38-46-44-20-6-14-28-56(44)67-57-29-15-7-21-45(57)47(39-43)62(46)67)50-24-10-8-22-48(50)63(49-23-9-11-25-51(49)64)52-26-12-16-30-58(52)65(42-18-4-3-5-19-42)59-31-17-13-27-53(59)63;1-30-24-26-41-39(28-30)46(40-29-31(2)25-27-42(40)47-41)35-18-8-6-16-33(35)45(34-17-7-9-19-36(34)46)37-20-10-12-22-43(37)48(32-14-4-3-5-15-32)44-23-13-11-21-38(44)45;19-11-9-14-12-5-1-3-7-16(12)20-17-8-4-2-6-13(17)15(10-11)18(14)20;/h3-39H,1-2H3;3-29,47H,1-2H3;1-10H;1H/i;;;1+1. The Morgan fingerprint density at radius 3 is 0.741 bits per heavy atom. The number of benzene rings is 20. The van der Waals surface area contributed by atoms with Gasteiger partial charge in [0.2, 0.25) is 0 Å². The summed E-state index contributed by atoms with van der Waals surface area (Å²) in [5, 5.41) is 14.2. The first-order valence-corrected chi connectivity index (χ1v) is 47.8. The molecule has 4 aromatic heterocycles. The number of aromatic nitrogens is 2. The topological polar surface area (TPSA) is 30.6 Å². The van der Waals surface area contributed by atoms with E-state index >= 15 is 0 Å². The molecule has 0 bridgehead atoms. The Kier molecular flexibility index (Phi) is 16.5. The number of nitrogens with zero attached hydrogens (tertiary/aromatic N) is 5. The van der Waals surface area contributed by atoms with Gasteiger partial charge in [-0.2, -0.15) is 0 Å². The molecule has 0 fully saturated rings. The van der Waals surface area contributed by atoms with Crippen LogP contribution < -0.4 is 20.0 Å². The molecule has 0 atom stereocenters. The second-order valence-electron chi connectivity index (χ2n) is 37.7. The first kappa shape index (κ1) is 77.4. The highest BCUT2D eigenvalue weighted by Crippen LogP contribution is 2.71. The summed E-state index contributed by atoms with van der Waals surface area (Å²) < 4.78 is 6.01. The molecular formula is C128H89BrN6. The second-order valence-corrected chi connectivity index (χ2v) is 38.6. The zero-order valence-corrected chi connectivity index (χ0v) is 76.4. The molecule has 4 aliphatic heterocycles. The molecule has 1 N–H and O–H groups in total. The van der Waals surface area contributed by atoms with E-state index in [9.17, 15) is 0 Å². The normalized spacial score (nSPS) is 14.7. The number of hydrogen-bond donors (Lipinski definition) is 1.